The second-order valence-electron chi connectivity index (χ2n) is 7.92. The van der Waals surface area contributed by atoms with Crippen molar-refractivity contribution >= 4 is 17.9 Å². The van der Waals surface area contributed by atoms with Gasteiger partial charge in [0.25, 0.3) is 0 Å². The predicted molar refractivity (Wildman–Crippen MR) is 123 cm³/mol. The van der Waals surface area contributed by atoms with Crippen LogP contribution in [-0.2, 0) is 15.8 Å². The number of nitrogens with one attached hydrogen (secondary N) is 1. The number of methoxy groups -OCH3 is 3. The first kappa shape index (κ1) is 25.9. The highest BCUT2D eigenvalue weighted by Gasteiger charge is 2.32. The maximum absolute atomic E-state index is 13.3. The third-order valence-corrected chi connectivity index (χ3v) is 5.62. The Kier molecular flexibility index (Phi) is 8.26. The van der Waals surface area contributed by atoms with Gasteiger partial charge in [0.05, 0.1) is 32.9 Å². The quantitative estimate of drug-likeness (QED) is 0.531. The van der Waals surface area contributed by atoms with E-state index in [2.05, 4.69) is 5.32 Å². The van der Waals surface area contributed by atoms with E-state index in [9.17, 15) is 22.8 Å². The van der Waals surface area contributed by atoms with Gasteiger partial charge in [-0.1, -0.05) is 12.1 Å². The summed E-state index contributed by atoms with van der Waals surface area (Å²) in [5.41, 5.74) is 0.0176. The Morgan fingerprint density at radius 1 is 1.11 bits per heavy atom. The topological polar surface area (TPSA) is 77.1 Å². The van der Waals surface area contributed by atoms with Gasteiger partial charge in [0, 0.05) is 25.6 Å². The predicted octanol–water partition coefficient (Wildman–Crippen LogP) is 4.22. The molecule has 0 radical (unpaired) electrons. The van der Waals surface area contributed by atoms with Gasteiger partial charge in [0.1, 0.15) is 0 Å². The molecule has 1 aliphatic rings. The molecule has 1 aliphatic heterocycles. The minimum absolute atomic E-state index is 0.0733. The van der Waals surface area contributed by atoms with Crippen molar-refractivity contribution in [3.63, 3.8) is 0 Å². The lowest BCUT2D eigenvalue weighted by Gasteiger charge is -2.25. The fraction of sp³-hybridized carbons (Fsp3) is 0.360. The van der Waals surface area contributed by atoms with Gasteiger partial charge in [-0.05, 0) is 47.9 Å². The van der Waals surface area contributed by atoms with Crippen molar-refractivity contribution in [3.8, 4) is 17.2 Å². The van der Waals surface area contributed by atoms with E-state index in [4.69, 9.17) is 14.2 Å². The SMILES string of the molecule is COc1cc(/C=C/C(=O)NC(CN2CCCC2=O)c2cccc(C(F)(F)F)c2)cc(OC)c1OC. The number of rotatable bonds is 9. The summed E-state index contributed by atoms with van der Waals surface area (Å²) in [6, 6.07) is 7.23. The molecule has 7 nitrogen and oxygen atoms in total. The molecule has 0 aromatic heterocycles. The van der Waals surface area contributed by atoms with Crippen LogP contribution in [0.4, 0.5) is 13.2 Å². The standard InChI is InChI=1S/C25H27F3N2O5/c1-33-20-12-16(13-21(34-2)24(20)35-3)9-10-22(31)29-19(15-30-11-5-8-23(30)32)17-6-4-7-18(14-17)25(26,27)28/h4,6-7,9-10,12-14,19H,5,8,11,15H2,1-3H3,(H,29,31)/b10-9+. The highest BCUT2D eigenvalue weighted by molar-refractivity contribution is 5.92. The van der Waals surface area contributed by atoms with Gasteiger partial charge in [0.2, 0.25) is 17.6 Å². The fourth-order valence-electron chi connectivity index (χ4n) is 3.87. The molecule has 1 heterocycles. The first-order valence-corrected chi connectivity index (χ1v) is 10.9. The highest BCUT2D eigenvalue weighted by atomic mass is 19.4. The lowest BCUT2D eigenvalue weighted by atomic mass is 10.0. The summed E-state index contributed by atoms with van der Waals surface area (Å²) in [5, 5.41) is 2.74. The summed E-state index contributed by atoms with van der Waals surface area (Å²) in [4.78, 5) is 26.4. The zero-order valence-electron chi connectivity index (χ0n) is 19.6. The molecular weight excluding hydrogens is 465 g/mol. The lowest BCUT2D eigenvalue weighted by molar-refractivity contribution is -0.137. The molecule has 2 aromatic carbocycles. The van der Waals surface area contributed by atoms with Gasteiger partial charge < -0.3 is 24.4 Å². The molecule has 35 heavy (non-hydrogen) atoms. The normalized spacial score (nSPS) is 14.8. The summed E-state index contributed by atoms with van der Waals surface area (Å²) >= 11 is 0. The van der Waals surface area contributed by atoms with E-state index in [1.807, 2.05) is 0 Å². The molecule has 0 saturated carbocycles. The van der Waals surface area contributed by atoms with Crippen LogP contribution < -0.4 is 19.5 Å². The van der Waals surface area contributed by atoms with Gasteiger partial charge >= 0.3 is 6.18 Å². The van der Waals surface area contributed by atoms with Crippen LogP contribution in [0.5, 0.6) is 17.2 Å². The molecular formula is C25H27F3N2O5. The number of likely N-dealkylation sites (tertiary alicyclic amines) is 1. The van der Waals surface area contributed by atoms with Gasteiger partial charge in [-0.25, -0.2) is 0 Å². The van der Waals surface area contributed by atoms with Crippen molar-refractivity contribution in [3.05, 3.63) is 59.2 Å². The number of ether oxygens (including phenoxy) is 3. The zero-order valence-corrected chi connectivity index (χ0v) is 19.6. The Labute approximate surface area is 201 Å². The van der Waals surface area contributed by atoms with E-state index in [1.54, 1.807) is 17.0 Å². The number of hydrogen-bond acceptors (Lipinski definition) is 5. The van der Waals surface area contributed by atoms with E-state index in [0.29, 0.717) is 42.2 Å². The van der Waals surface area contributed by atoms with Gasteiger partial charge in [-0.3, -0.25) is 9.59 Å². The van der Waals surface area contributed by atoms with Crippen LogP contribution in [0, 0.1) is 0 Å². The number of benzene rings is 2. The Morgan fingerprint density at radius 2 is 1.80 bits per heavy atom. The number of hydrogen-bond donors (Lipinski definition) is 1. The van der Waals surface area contributed by atoms with Crippen LogP contribution in [0.1, 0.15) is 35.6 Å². The van der Waals surface area contributed by atoms with Crippen molar-refractivity contribution in [1.29, 1.82) is 0 Å². The van der Waals surface area contributed by atoms with Crippen molar-refractivity contribution in [2.45, 2.75) is 25.1 Å². The van der Waals surface area contributed by atoms with Crippen LogP contribution in [0.2, 0.25) is 0 Å². The van der Waals surface area contributed by atoms with Gasteiger partial charge in [0.15, 0.2) is 11.5 Å². The van der Waals surface area contributed by atoms with Crippen LogP contribution in [-0.4, -0.2) is 51.1 Å². The van der Waals surface area contributed by atoms with Crippen LogP contribution >= 0.6 is 0 Å². The fourth-order valence-corrected chi connectivity index (χ4v) is 3.87. The molecule has 0 spiro atoms. The third-order valence-electron chi connectivity index (χ3n) is 5.62. The molecule has 10 heteroatoms. The van der Waals surface area contributed by atoms with E-state index in [0.717, 1.165) is 12.1 Å². The Hall–Kier alpha value is -3.69. The summed E-state index contributed by atoms with van der Waals surface area (Å²) in [5.74, 6) is 0.580. The van der Waals surface area contributed by atoms with Crippen molar-refractivity contribution in [2.24, 2.45) is 0 Å². The van der Waals surface area contributed by atoms with E-state index in [1.165, 1.54) is 45.6 Å². The highest BCUT2D eigenvalue weighted by Crippen LogP contribution is 2.38. The van der Waals surface area contributed by atoms with Crippen LogP contribution in [0.15, 0.2) is 42.5 Å². The largest absolute Gasteiger partial charge is 0.493 e. The number of amides is 2. The average Bonchev–Trinajstić information content (AvgIpc) is 3.25. The Bertz CT molecular complexity index is 1080. The maximum Gasteiger partial charge on any atom is 0.416 e. The summed E-state index contributed by atoms with van der Waals surface area (Å²) in [6.45, 7) is 0.565. The first-order valence-electron chi connectivity index (χ1n) is 10.9. The third kappa shape index (κ3) is 6.46. The van der Waals surface area contributed by atoms with E-state index in [-0.39, 0.29) is 18.0 Å². The number of halogens is 3. The van der Waals surface area contributed by atoms with Gasteiger partial charge in [-0.15, -0.1) is 0 Å². The summed E-state index contributed by atoms with van der Waals surface area (Å²) in [6.07, 6.45) is -0.703. The summed E-state index contributed by atoms with van der Waals surface area (Å²) in [7, 11) is 4.41. The molecule has 1 N–H and O–H groups in total. The lowest BCUT2D eigenvalue weighted by Crippen LogP contribution is -2.38. The molecule has 1 atom stereocenters. The Morgan fingerprint density at radius 3 is 2.34 bits per heavy atom. The van der Waals surface area contributed by atoms with E-state index >= 15 is 0 Å². The molecule has 2 amide bonds. The summed E-state index contributed by atoms with van der Waals surface area (Å²) < 4.78 is 55.6. The number of carbonyl (C=O) groups excluding carboxylic acids is 2. The smallest absolute Gasteiger partial charge is 0.416 e. The molecule has 0 aliphatic carbocycles. The van der Waals surface area contributed by atoms with Gasteiger partial charge in [-0.2, -0.15) is 13.2 Å². The van der Waals surface area contributed by atoms with Crippen molar-refractivity contribution in [2.75, 3.05) is 34.4 Å². The molecule has 1 fully saturated rings. The molecule has 3 rings (SSSR count). The second kappa shape index (κ2) is 11.2. The van der Waals surface area contributed by atoms with Crippen molar-refractivity contribution < 1.29 is 37.0 Å². The molecule has 188 valence electrons. The van der Waals surface area contributed by atoms with Crippen LogP contribution in [0.3, 0.4) is 0 Å². The molecule has 0 bridgehead atoms. The molecule has 1 saturated heterocycles. The monoisotopic (exact) mass is 492 g/mol. The van der Waals surface area contributed by atoms with Crippen LogP contribution in [0.25, 0.3) is 6.08 Å². The number of carbonyl (C=O) groups is 2. The number of nitrogens with zero attached hydrogens (tertiary/aromatic N) is 1. The molecule has 2 aromatic rings. The Balaban J connectivity index is 1.84. The second-order valence-corrected chi connectivity index (χ2v) is 7.92. The zero-order chi connectivity index (χ0) is 25.6. The maximum atomic E-state index is 13.3. The minimum Gasteiger partial charge on any atom is -0.493 e. The minimum atomic E-state index is -4.53. The molecule has 1 unspecified atom stereocenters. The first-order chi connectivity index (χ1) is 16.7. The van der Waals surface area contributed by atoms with Crippen molar-refractivity contribution in [1.82, 2.24) is 10.2 Å². The number of alkyl halides is 3. The van der Waals surface area contributed by atoms with E-state index < -0.39 is 23.7 Å². The average molecular weight is 492 g/mol.